The topological polar surface area (TPSA) is 105 Å². The summed E-state index contributed by atoms with van der Waals surface area (Å²) in [4.78, 5) is 23.6. The molecule has 0 aliphatic heterocycles. The molecule has 0 spiro atoms. The van der Waals surface area contributed by atoms with Gasteiger partial charge in [0.05, 0.1) is 16.4 Å². The summed E-state index contributed by atoms with van der Waals surface area (Å²) < 4.78 is 26.3. The maximum Gasteiger partial charge on any atom is 0.306 e. The summed E-state index contributed by atoms with van der Waals surface area (Å²) in [5.74, 6) is -1.50. The summed E-state index contributed by atoms with van der Waals surface area (Å²) >= 11 is 0. The molecule has 3 rings (SSSR count). The number of carboxylic acids is 1. The van der Waals surface area contributed by atoms with E-state index in [0.717, 1.165) is 9.54 Å². The molecule has 1 aliphatic carbocycles. The van der Waals surface area contributed by atoms with E-state index in [-0.39, 0.29) is 28.3 Å². The molecule has 2 aromatic rings. The van der Waals surface area contributed by atoms with Crippen molar-refractivity contribution in [1.82, 2.24) is 9.29 Å². The summed E-state index contributed by atoms with van der Waals surface area (Å²) in [5.41, 5.74) is 1.21. The number of nitrogens with one attached hydrogen (secondary N) is 1. The molecule has 1 heterocycles. The van der Waals surface area contributed by atoms with E-state index in [2.05, 4.69) is 5.32 Å². The van der Waals surface area contributed by atoms with Crippen LogP contribution in [0.3, 0.4) is 0 Å². The van der Waals surface area contributed by atoms with Gasteiger partial charge in [0.2, 0.25) is 0 Å². The molecular formula is C19H22N2O5S. The number of aryl methyl sites for hydroxylation is 1. The van der Waals surface area contributed by atoms with Crippen LogP contribution in [0.25, 0.3) is 0 Å². The summed E-state index contributed by atoms with van der Waals surface area (Å²) in [5, 5.41) is 11.9. The zero-order valence-electron chi connectivity index (χ0n) is 15.0. The average Bonchev–Trinajstić information content (AvgIpc) is 3.14. The lowest BCUT2D eigenvalue weighted by Gasteiger charge is -2.26. The van der Waals surface area contributed by atoms with Gasteiger partial charge < -0.3 is 10.4 Å². The molecule has 0 atom stereocenters. The third kappa shape index (κ3) is 4.21. The molecule has 0 bridgehead atoms. The second kappa shape index (κ2) is 7.56. The van der Waals surface area contributed by atoms with Crippen molar-refractivity contribution in [1.29, 1.82) is 0 Å². The highest BCUT2D eigenvalue weighted by Crippen LogP contribution is 2.24. The Hall–Kier alpha value is -2.61. The fourth-order valence-electron chi connectivity index (χ4n) is 3.25. The average molecular weight is 390 g/mol. The number of hydrogen-bond acceptors (Lipinski definition) is 4. The zero-order valence-corrected chi connectivity index (χ0v) is 15.8. The minimum Gasteiger partial charge on any atom is -0.481 e. The molecule has 0 saturated heterocycles. The molecule has 144 valence electrons. The molecule has 0 radical (unpaired) electrons. The van der Waals surface area contributed by atoms with Gasteiger partial charge in [-0.1, -0.05) is 17.7 Å². The normalized spacial score (nSPS) is 20.2. The minimum absolute atomic E-state index is 0.0924. The molecular weight excluding hydrogens is 368 g/mol. The minimum atomic E-state index is -3.75. The molecule has 1 amide bonds. The first-order chi connectivity index (χ1) is 12.8. The highest BCUT2D eigenvalue weighted by atomic mass is 32.2. The largest absolute Gasteiger partial charge is 0.481 e. The molecule has 1 fully saturated rings. The summed E-state index contributed by atoms with van der Waals surface area (Å²) in [6, 6.07) is 7.88. The van der Waals surface area contributed by atoms with Crippen LogP contribution in [0.1, 0.15) is 41.6 Å². The number of nitrogens with zero attached hydrogens (tertiary/aromatic N) is 1. The Labute approximate surface area is 158 Å². The van der Waals surface area contributed by atoms with Crippen LogP contribution in [-0.2, 0) is 14.8 Å². The first kappa shape index (κ1) is 19.2. The van der Waals surface area contributed by atoms with E-state index in [0.29, 0.717) is 25.7 Å². The summed E-state index contributed by atoms with van der Waals surface area (Å²) in [6.45, 7) is 1.87. The van der Waals surface area contributed by atoms with Gasteiger partial charge in [-0.05, 0) is 50.8 Å². The van der Waals surface area contributed by atoms with Gasteiger partial charge in [-0.3, -0.25) is 9.59 Å². The number of carbonyl (C=O) groups is 2. The van der Waals surface area contributed by atoms with Crippen molar-refractivity contribution >= 4 is 21.9 Å². The van der Waals surface area contributed by atoms with E-state index in [1.807, 2.05) is 6.92 Å². The van der Waals surface area contributed by atoms with Gasteiger partial charge in [-0.2, -0.15) is 0 Å². The smallest absolute Gasteiger partial charge is 0.306 e. The Balaban J connectivity index is 1.67. The maximum absolute atomic E-state index is 12.6. The van der Waals surface area contributed by atoms with Gasteiger partial charge in [0.25, 0.3) is 15.9 Å². The van der Waals surface area contributed by atoms with E-state index in [4.69, 9.17) is 5.11 Å². The molecule has 1 aliphatic rings. The molecule has 2 N–H and O–H groups in total. The predicted octanol–water partition coefficient (Wildman–Crippen LogP) is 2.41. The van der Waals surface area contributed by atoms with Crippen LogP contribution < -0.4 is 5.32 Å². The predicted molar refractivity (Wildman–Crippen MR) is 99.0 cm³/mol. The first-order valence-electron chi connectivity index (χ1n) is 8.81. The second-order valence-electron chi connectivity index (χ2n) is 6.91. The van der Waals surface area contributed by atoms with Gasteiger partial charge in [0, 0.05) is 18.4 Å². The second-order valence-corrected chi connectivity index (χ2v) is 8.75. The maximum atomic E-state index is 12.6. The number of amides is 1. The number of carboxylic acid groups (broad SMARTS) is 1. The lowest BCUT2D eigenvalue weighted by atomic mass is 9.86. The van der Waals surface area contributed by atoms with Crippen LogP contribution >= 0.6 is 0 Å². The Bertz CT molecular complexity index is 939. The standard InChI is InChI=1S/C19H22N2O5S/c1-13-2-8-17(9-3-13)27(25,26)21-11-10-15(12-21)18(22)20-16-6-4-14(5-7-16)19(23)24/h2-3,8-12,14,16H,4-7H2,1H3,(H,20,22)(H,23,24). The number of benzene rings is 1. The van der Waals surface area contributed by atoms with Crippen LogP contribution in [0, 0.1) is 12.8 Å². The highest BCUT2D eigenvalue weighted by molar-refractivity contribution is 7.90. The van der Waals surface area contributed by atoms with E-state index >= 15 is 0 Å². The van der Waals surface area contributed by atoms with E-state index in [1.165, 1.54) is 30.6 Å². The van der Waals surface area contributed by atoms with Crippen LogP contribution in [0.15, 0.2) is 47.6 Å². The Morgan fingerprint density at radius 2 is 1.70 bits per heavy atom. The molecule has 1 aromatic carbocycles. The highest BCUT2D eigenvalue weighted by Gasteiger charge is 2.27. The number of carbonyl (C=O) groups excluding carboxylic acids is 1. The van der Waals surface area contributed by atoms with Gasteiger partial charge in [0.15, 0.2) is 0 Å². The van der Waals surface area contributed by atoms with Crippen LogP contribution in [0.4, 0.5) is 0 Å². The van der Waals surface area contributed by atoms with Gasteiger partial charge >= 0.3 is 5.97 Å². The summed E-state index contributed by atoms with van der Waals surface area (Å²) in [7, 11) is -3.75. The number of rotatable bonds is 5. The zero-order chi connectivity index (χ0) is 19.6. The van der Waals surface area contributed by atoms with E-state index in [1.54, 1.807) is 12.1 Å². The van der Waals surface area contributed by atoms with Crippen LogP contribution in [-0.4, -0.2) is 35.4 Å². The van der Waals surface area contributed by atoms with Crippen molar-refractivity contribution in [3.05, 3.63) is 53.9 Å². The molecule has 1 aromatic heterocycles. The lowest BCUT2D eigenvalue weighted by Crippen LogP contribution is -2.38. The fourth-order valence-corrected chi connectivity index (χ4v) is 4.44. The third-order valence-corrected chi connectivity index (χ3v) is 6.59. The molecule has 1 saturated carbocycles. The first-order valence-corrected chi connectivity index (χ1v) is 10.3. The van der Waals surface area contributed by atoms with Crippen molar-refractivity contribution in [2.75, 3.05) is 0 Å². The Kier molecular flexibility index (Phi) is 5.36. The van der Waals surface area contributed by atoms with Crippen molar-refractivity contribution in [2.45, 2.75) is 43.5 Å². The fraction of sp³-hybridized carbons (Fsp3) is 0.368. The molecule has 27 heavy (non-hydrogen) atoms. The molecule has 8 heteroatoms. The quantitative estimate of drug-likeness (QED) is 0.816. The Morgan fingerprint density at radius 1 is 1.07 bits per heavy atom. The van der Waals surface area contributed by atoms with E-state index in [9.17, 15) is 18.0 Å². The van der Waals surface area contributed by atoms with Crippen LogP contribution in [0.5, 0.6) is 0 Å². The number of aliphatic carboxylic acids is 1. The van der Waals surface area contributed by atoms with Gasteiger partial charge in [-0.15, -0.1) is 0 Å². The van der Waals surface area contributed by atoms with Gasteiger partial charge in [0.1, 0.15) is 0 Å². The number of aromatic nitrogens is 1. The van der Waals surface area contributed by atoms with Crippen molar-refractivity contribution < 1.29 is 23.1 Å². The van der Waals surface area contributed by atoms with Gasteiger partial charge in [-0.25, -0.2) is 12.4 Å². The SMILES string of the molecule is Cc1ccc(S(=O)(=O)n2ccc(C(=O)NC3CCC(C(=O)O)CC3)c2)cc1. The molecule has 7 nitrogen and oxygen atoms in total. The summed E-state index contributed by atoms with van der Waals surface area (Å²) in [6.07, 6.45) is 4.92. The van der Waals surface area contributed by atoms with Crippen molar-refractivity contribution in [3.8, 4) is 0 Å². The third-order valence-electron chi connectivity index (χ3n) is 4.94. The van der Waals surface area contributed by atoms with Crippen molar-refractivity contribution in [2.24, 2.45) is 5.92 Å². The van der Waals surface area contributed by atoms with Crippen LogP contribution in [0.2, 0.25) is 0 Å². The van der Waals surface area contributed by atoms with E-state index < -0.39 is 16.0 Å². The number of hydrogen-bond donors (Lipinski definition) is 2. The van der Waals surface area contributed by atoms with Crippen molar-refractivity contribution in [3.63, 3.8) is 0 Å². The monoisotopic (exact) mass is 390 g/mol. The molecule has 0 unspecified atom stereocenters. The lowest BCUT2D eigenvalue weighted by molar-refractivity contribution is -0.142. The Morgan fingerprint density at radius 3 is 2.30 bits per heavy atom.